The maximum atomic E-state index is 13.9. The summed E-state index contributed by atoms with van der Waals surface area (Å²) in [5.74, 6) is 2.23. The first-order valence-corrected chi connectivity index (χ1v) is 14.5. The summed E-state index contributed by atoms with van der Waals surface area (Å²) in [5.41, 5.74) is 0.641. The zero-order valence-corrected chi connectivity index (χ0v) is 22.3. The van der Waals surface area contributed by atoms with Gasteiger partial charge in [0.15, 0.2) is 11.4 Å². The Morgan fingerprint density at radius 2 is 1.78 bits per heavy atom. The summed E-state index contributed by atoms with van der Waals surface area (Å²) in [4.78, 5) is 4.71. The van der Waals surface area contributed by atoms with Gasteiger partial charge in [-0.25, -0.2) is 9.37 Å². The number of benzene rings is 2. The maximum absolute atomic E-state index is 13.9. The van der Waals surface area contributed by atoms with Crippen molar-refractivity contribution in [2.24, 2.45) is 17.8 Å². The molecule has 3 aromatic rings. The largest absolute Gasteiger partial charge is 0.436 e. The summed E-state index contributed by atoms with van der Waals surface area (Å²) in [6.07, 6.45) is 9.62. The van der Waals surface area contributed by atoms with Gasteiger partial charge in [-0.3, -0.25) is 0 Å². The zero-order valence-electron chi connectivity index (χ0n) is 21.4. The van der Waals surface area contributed by atoms with Gasteiger partial charge in [0.1, 0.15) is 12.4 Å². The summed E-state index contributed by atoms with van der Waals surface area (Å²) < 4.78 is 21.3. The number of halogens is 1. The van der Waals surface area contributed by atoms with E-state index in [1.807, 2.05) is 42.6 Å². The molecule has 2 aromatic carbocycles. The van der Waals surface area contributed by atoms with Gasteiger partial charge >= 0.3 is 0 Å². The second kappa shape index (κ2) is 10.2. The number of oxazole rings is 1. The van der Waals surface area contributed by atoms with Crippen LogP contribution in [0.3, 0.4) is 0 Å². The first-order valence-electron chi connectivity index (χ1n) is 14.0. The third-order valence-electron chi connectivity index (χ3n) is 9.53. The number of aromatic nitrogens is 1. The third-order valence-corrected chi connectivity index (χ3v) is 10.2. The highest BCUT2D eigenvalue weighted by Crippen LogP contribution is 2.47. The van der Waals surface area contributed by atoms with Crippen LogP contribution in [0.1, 0.15) is 73.0 Å². The average molecular weight is 522 g/mol. The van der Waals surface area contributed by atoms with Gasteiger partial charge in [-0.15, -0.1) is 0 Å². The van der Waals surface area contributed by atoms with Crippen molar-refractivity contribution in [2.75, 3.05) is 19.6 Å². The van der Waals surface area contributed by atoms with Crippen molar-refractivity contribution in [3.05, 3.63) is 89.4 Å². The molecule has 1 N–H and O–H groups in total. The Balaban J connectivity index is 1.25. The molecule has 4 fully saturated rings. The predicted octanol–water partition coefficient (Wildman–Crippen LogP) is 6.66. The molecule has 2 bridgehead atoms. The molecule has 3 atom stereocenters. The van der Waals surface area contributed by atoms with Gasteiger partial charge in [-0.05, 0) is 42.0 Å². The lowest BCUT2D eigenvalue weighted by atomic mass is 9.73. The quantitative estimate of drug-likeness (QED) is 0.270. The third kappa shape index (κ3) is 4.77. The molecule has 1 unspecified atom stereocenters. The Kier molecular flexibility index (Phi) is 6.93. The molecular weight excluding hydrogens is 483 g/mol. The average Bonchev–Trinajstić information content (AvgIpc) is 3.42. The Hall–Kier alpha value is -2.15. The minimum absolute atomic E-state index is 0.0264. The van der Waals surface area contributed by atoms with E-state index in [4.69, 9.17) is 22.0 Å². The Morgan fingerprint density at radius 3 is 2.51 bits per heavy atom. The van der Waals surface area contributed by atoms with E-state index in [2.05, 4.69) is 0 Å². The van der Waals surface area contributed by atoms with Crippen LogP contribution in [-0.4, -0.2) is 34.2 Å². The van der Waals surface area contributed by atoms with Gasteiger partial charge < -0.3 is 14.0 Å². The molecule has 1 aliphatic carbocycles. The van der Waals surface area contributed by atoms with E-state index in [9.17, 15) is 9.50 Å². The summed E-state index contributed by atoms with van der Waals surface area (Å²) >= 11 is 5.00. The van der Waals surface area contributed by atoms with Gasteiger partial charge in [-0.2, -0.15) is 12.6 Å². The number of hydrogen-bond acceptors (Lipinski definition) is 4. The lowest BCUT2D eigenvalue weighted by Crippen LogP contribution is -2.61. The highest BCUT2D eigenvalue weighted by Gasteiger charge is 2.49. The van der Waals surface area contributed by atoms with E-state index in [1.54, 1.807) is 12.1 Å². The molecule has 6 heteroatoms. The second-order valence-electron chi connectivity index (χ2n) is 11.7. The summed E-state index contributed by atoms with van der Waals surface area (Å²) in [5, 5.41) is 12.2. The van der Waals surface area contributed by atoms with Crippen molar-refractivity contribution in [1.29, 1.82) is 0 Å². The molecule has 4 aliphatic rings. The minimum Gasteiger partial charge on any atom is -0.436 e. The predicted molar refractivity (Wildman–Crippen MR) is 145 cm³/mol. The van der Waals surface area contributed by atoms with Crippen LogP contribution in [-0.2, 0) is 12.1 Å². The van der Waals surface area contributed by atoms with Crippen LogP contribution < -0.4 is 0 Å². The molecule has 0 amide bonds. The van der Waals surface area contributed by atoms with E-state index >= 15 is 0 Å². The molecule has 4 nitrogen and oxygen atoms in total. The van der Waals surface area contributed by atoms with E-state index in [0.29, 0.717) is 17.7 Å². The summed E-state index contributed by atoms with van der Waals surface area (Å²) in [7, 11) is 0. The molecule has 1 aromatic heterocycles. The Morgan fingerprint density at radius 1 is 1.03 bits per heavy atom. The Bertz CT molecular complexity index is 1200. The van der Waals surface area contributed by atoms with Crippen molar-refractivity contribution in [1.82, 2.24) is 4.98 Å². The first-order chi connectivity index (χ1) is 18.0. The topological polar surface area (TPSA) is 46.3 Å². The molecule has 0 spiro atoms. The standard InChI is InChI=1S/C31H37FN2O2S/c32-26-13-7-8-23(18-26)29(37)28-21-34(16-14-22(28)15-17-34)20-27-19-33-30(36-27)31(35,24-9-3-1-4-10-24)25-11-5-2-6-12-25/h1,3-4,7-10,13,18-19,22,25,28-29,35H,2,5-6,11-12,14-17,20-21H2/p+1/t22?,28-,29?,31-,34?/m0/s1. The van der Waals surface area contributed by atoms with Gasteiger partial charge in [0.2, 0.25) is 5.89 Å². The van der Waals surface area contributed by atoms with Crippen LogP contribution in [0, 0.1) is 23.6 Å². The highest BCUT2D eigenvalue weighted by molar-refractivity contribution is 7.80. The number of piperidine rings is 3. The molecule has 37 heavy (non-hydrogen) atoms. The van der Waals surface area contributed by atoms with Crippen molar-refractivity contribution in [3.8, 4) is 0 Å². The molecule has 7 rings (SSSR count). The molecule has 4 heterocycles. The normalized spacial score (nSPS) is 28.6. The molecule has 1 saturated carbocycles. The van der Waals surface area contributed by atoms with Crippen LogP contribution in [0.25, 0.3) is 0 Å². The number of fused-ring (bicyclic) bond motifs is 3. The smallest absolute Gasteiger partial charge is 0.231 e. The van der Waals surface area contributed by atoms with Crippen LogP contribution >= 0.6 is 12.6 Å². The zero-order chi connectivity index (χ0) is 25.5. The van der Waals surface area contributed by atoms with Crippen molar-refractivity contribution in [2.45, 2.75) is 62.3 Å². The fourth-order valence-corrected chi connectivity index (χ4v) is 7.99. The highest BCUT2D eigenvalue weighted by atomic mass is 32.1. The number of quaternary nitrogens is 1. The van der Waals surface area contributed by atoms with Crippen molar-refractivity contribution >= 4 is 12.6 Å². The van der Waals surface area contributed by atoms with Gasteiger partial charge in [0, 0.05) is 29.9 Å². The molecule has 0 radical (unpaired) electrons. The lowest BCUT2D eigenvalue weighted by Gasteiger charge is -2.53. The van der Waals surface area contributed by atoms with E-state index in [0.717, 1.165) is 86.1 Å². The fraction of sp³-hybridized carbons (Fsp3) is 0.516. The second-order valence-corrected chi connectivity index (χ2v) is 12.3. The molecule has 3 aliphatic heterocycles. The van der Waals surface area contributed by atoms with Gasteiger partial charge in [0.25, 0.3) is 0 Å². The minimum atomic E-state index is -1.20. The van der Waals surface area contributed by atoms with Gasteiger partial charge in [0.05, 0.1) is 25.8 Å². The maximum Gasteiger partial charge on any atom is 0.231 e. The van der Waals surface area contributed by atoms with E-state index < -0.39 is 5.60 Å². The lowest BCUT2D eigenvalue weighted by molar-refractivity contribution is -0.960. The summed E-state index contributed by atoms with van der Waals surface area (Å²) in [6, 6.07) is 16.9. The SMILES string of the molecule is O[C@](c1ccccc1)(c1ncc(C[N+]23CCC(CC2)[C@@H](C(S)c2cccc(F)c2)C3)o1)C1CCCCC1. The summed E-state index contributed by atoms with van der Waals surface area (Å²) in [6.45, 7) is 4.02. The number of hydrogen-bond donors (Lipinski definition) is 2. The van der Waals surface area contributed by atoms with Crippen LogP contribution in [0.2, 0.25) is 0 Å². The Labute approximate surface area is 224 Å². The number of aliphatic hydroxyl groups is 1. The molecular formula is C31H38FN2O2S+. The van der Waals surface area contributed by atoms with Crippen LogP contribution in [0.4, 0.5) is 4.39 Å². The van der Waals surface area contributed by atoms with Crippen molar-refractivity contribution < 1.29 is 18.4 Å². The van der Waals surface area contributed by atoms with E-state index in [1.165, 1.54) is 12.5 Å². The monoisotopic (exact) mass is 521 g/mol. The number of thiol groups is 1. The fourth-order valence-electron chi connectivity index (χ4n) is 7.49. The van der Waals surface area contributed by atoms with Crippen LogP contribution in [0.5, 0.6) is 0 Å². The van der Waals surface area contributed by atoms with Crippen LogP contribution in [0.15, 0.2) is 65.2 Å². The van der Waals surface area contributed by atoms with Gasteiger partial charge in [-0.1, -0.05) is 61.7 Å². The molecule has 3 saturated heterocycles. The number of rotatable bonds is 7. The molecule has 196 valence electrons. The van der Waals surface area contributed by atoms with E-state index in [-0.39, 0.29) is 17.0 Å². The van der Waals surface area contributed by atoms with Crippen molar-refractivity contribution in [3.63, 3.8) is 0 Å². The first kappa shape index (κ1) is 25.1. The number of nitrogens with zero attached hydrogens (tertiary/aromatic N) is 2.